The maximum Gasteiger partial charge on any atom is 0.300 e. The minimum Gasteiger partial charge on any atom is -0.481 e. The fourth-order valence-corrected chi connectivity index (χ4v) is 0. The van der Waals surface area contributed by atoms with Crippen molar-refractivity contribution < 1.29 is 79.0 Å². The summed E-state index contributed by atoms with van der Waals surface area (Å²) in [7, 11) is 0. The van der Waals surface area contributed by atoms with Crippen molar-refractivity contribution in [3.63, 3.8) is 0 Å². The molecule has 0 aliphatic carbocycles. The molecule has 0 atom stereocenters. The Kier molecular flexibility index (Phi) is 36.5. The molecule has 0 aliphatic heterocycles. The number of carboxylic acids is 1. The molecule has 0 unspecified atom stereocenters. The van der Waals surface area contributed by atoms with Gasteiger partial charge in [0.2, 0.25) is 0 Å². The third-order valence-corrected chi connectivity index (χ3v) is 0. The van der Waals surface area contributed by atoms with E-state index in [9.17, 15) is 0 Å². The number of aliphatic carboxylic acids is 1. The van der Waals surface area contributed by atoms with Crippen LogP contribution >= 0.6 is 0 Å². The van der Waals surface area contributed by atoms with Crippen LogP contribution in [0.15, 0.2) is 0 Å². The quantitative estimate of drug-likeness (QED) is 0.364. The molecule has 0 bridgehead atoms. The van der Waals surface area contributed by atoms with Crippen LogP contribution in [-0.2, 0) is 21.9 Å². The molecule has 0 amide bonds. The van der Waals surface area contributed by atoms with E-state index in [1.54, 1.807) is 0 Å². The van der Waals surface area contributed by atoms with E-state index in [4.69, 9.17) is 25.2 Å². The van der Waals surface area contributed by atoms with Gasteiger partial charge in [-0.3, -0.25) is 4.79 Å². The molecule has 8 heteroatoms. The van der Waals surface area contributed by atoms with E-state index < -0.39 is 11.1 Å². The number of hydrogen-bond donors (Lipinski definition) is 2. The zero-order chi connectivity index (χ0) is 7.15. The molecular formula is C2H5CeMnNO5. The third-order valence-electron chi connectivity index (χ3n) is 0. The van der Waals surface area contributed by atoms with Crippen molar-refractivity contribution in [1.29, 1.82) is 0 Å². The van der Waals surface area contributed by atoms with Crippen molar-refractivity contribution >= 4 is 5.97 Å². The Balaban J connectivity index is -0.0000000300. The van der Waals surface area contributed by atoms with Gasteiger partial charge in [0.05, 0.1) is 0 Å². The number of hydrogen-bond acceptors (Lipinski definition) is 3. The normalized spacial score (nSPS) is 4.90. The third kappa shape index (κ3) is 1530. The predicted molar refractivity (Wildman–Crippen MR) is 22.1 cm³/mol. The largest absolute Gasteiger partial charge is 0.481 e. The Morgan fingerprint density at radius 1 is 1.60 bits per heavy atom. The van der Waals surface area contributed by atoms with Crippen LogP contribution in [0.2, 0.25) is 0 Å². The van der Waals surface area contributed by atoms with Gasteiger partial charge in [-0.05, 0) is 0 Å². The standard InChI is InChI=1S/C2H4O2.Ce.Mn.HNO3/c1-2(3)4;;;2-1(3)4/h1H3,(H,3,4);;;(H,2,3,4). The first-order valence-corrected chi connectivity index (χ1v) is 1.49. The minimum atomic E-state index is -1.50. The fraction of sp³-hybridized carbons (Fsp3) is 0.500. The van der Waals surface area contributed by atoms with Gasteiger partial charge in [-0.15, -0.1) is 10.1 Å². The maximum absolute atomic E-state index is 9.00. The van der Waals surface area contributed by atoms with E-state index in [0.29, 0.717) is 0 Å². The first kappa shape index (κ1) is 22.4. The van der Waals surface area contributed by atoms with Gasteiger partial charge >= 0.3 is 0 Å². The van der Waals surface area contributed by atoms with E-state index in [-0.39, 0.29) is 58.8 Å². The zero-order valence-corrected chi connectivity index (χ0v) is 9.26. The average Bonchev–Trinajstić information content (AvgIpc) is 1.25. The molecule has 0 heterocycles. The fourth-order valence-electron chi connectivity index (χ4n) is 0. The second-order valence-electron chi connectivity index (χ2n) is 0.757. The van der Waals surface area contributed by atoms with Gasteiger partial charge < -0.3 is 10.3 Å². The zero-order valence-electron chi connectivity index (χ0n) is 4.94. The van der Waals surface area contributed by atoms with Gasteiger partial charge in [-0.1, -0.05) is 0 Å². The molecule has 6 nitrogen and oxygen atoms in total. The number of rotatable bonds is 0. The summed E-state index contributed by atoms with van der Waals surface area (Å²) < 4.78 is 0. The Morgan fingerprint density at radius 3 is 1.60 bits per heavy atom. The van der Waals surface area contributed by atoms with Crippen LogP contribution in [0.5, 0.6) is 0 Å². The van der Waals surface area contributed by atoms with Crippen LogP contribution < -0.4 is 0 Å². The summed E-state index contributed by atoms with van der Waals surface area (Å²) in [6.07, 6.45) is 0. The molecular weight excluding hydrogens is 313 g/mol. The summed E-state index contributed by atoms with van der Waals surface area (Å²) in [5, 5.41) is 21.1. The summed E-state index contributed by atoms with van der Waals surface area (Å²) in [5.74, 6) is -0.833. The van der Waals surface area contributed by atoms with Crippen molar-refractivity contribution in [2.24, 2.45) is 0 Å². The number of carbonyl (C=O) groups is 1. The SMILES string of the molecule is CC(=O)O.O=[N+]([O-])O.[Ce].[Mn]. The first-order valence-electron chi connectivity index (χ1n) is 1.49. The molecule has 0 saturated heterocycles. The van der Waals surface area contributed by atoms with Crippen molar-refractivity contribution in [3.05, 3.63) is 10.1 Å². The van der Waals surface area contributed by atoms with Crippen LogP contribution in [-0.4, -0.2) is 21.4 Å². The number of nitrogens with zero attached hydrogens (tertiary/aromatic N) is 1. The van der Waals surface area contributed by atoms with Crippen LogP contribution in [0.25, 0.3) is 0 Å². The summed E-state index contributed by atoms with van der Waals surface area (Å²) >= 11 is 0. The molecule has 1 radical (unpaired) electrons. The number of carboxylic acid groups (broad SMARTS) is 1. The van der Waals surface area contributed by atoms with Crippen molar-refractivity contribution in [2.75, 3.05) is 0 Å². The van der Waals surface area contributed by atoms with Crippen LogP contribution in [0, 0.1) is 51.9 Å². The molecule has 2 N–H and O–H groups in total. The second kappa shape index (κ2) is 16.3. The smallest absolute Gasteiger partial charge is 0.300 e. The summed E-state index contributed by atoms with van der Waals surface area (Å²) in [6.45, 7) is 1.08. The van der Waals surface area contributed by atoms with Crippen molar-refractivity contribution in [1.82, 2.24) is 0 Å². The molecule has 0 saturated carbocycles. The van der Waals surface area contributed by atoms with Crippen LogP contribution in [0.3, 0.4) is 0 Å². The van der Waals surface area contributed by atoms with Gasteiger partial charge in [-0.25, -0.2) is 0 Å². The monoisotopic (exact) mass is 318 g/mol. The molecule has 0 aromatic rings. The van der Waals surface area contributed by atoms with E-state index in [1.807, 2.05) is 0 Å². The van der Waals surface area contributed by atoms with Gasteiger partial charge in [0.25, 0.3) is 11.1 Å². The van der Waals surface area contributed by atoms with Crippen LogP contribution in [0.4, 0.5) is 0 Å². The summed E-state index contributed by atoms with van der Waals surface area (Å²) in [5.41, 5.74) is 0. The van der Waals surface area contributed by atoms with Gasteiger partial charge in [-0.2, -0.15) is 0 Å². The molecule has 59 valence electrons. The van der Waals surface area contributed by atoms with Gasteiger partial charge in [0, 0.05) is 65.7 Å². The Hall–Kier alpha value is 0.566. The van der Waals surface area contributed by atoms with E-state index in [0.717, 1.165) is 6.92 Å². The molecule has 10 heavy (non-hydrogen) atoms. The first-order chi connectivity index (χ1) is 3.46. The summed E-state index contributed by atoms with van der Waals surface area (Å²) in [6, 6.07) is 0. The average molecular weight is 318 g/mol. The molecule has 0 fully saturated rings. The van der Waals surface area contributed by atoms with E-state index >= 15 is 0 Å². The van der Waals surface area contributed by atoms with E-state index in [2.05, 4.69) is 0 Å². The molecule has 0 aromatic carbocycles. The Bertz CT molecular complexity index is 77.6. The summed E-state index contributed by atoms with van der Waals surface area (Å²) in [4.78, 5) is 17.4. The van der Waals surface area contributed by atoms with Crippen LogP contribution in [0.1, 0.15) is 6.92 Å². The van der Waals surface area contributed by atoms with E-state index in [1.165, 1.54) is 0 Å². The maximum atomic E-state index is 9.00. The molecule has 0 spiro atoms. The molecule has 0 aromatic heterocycles. The second-order valence-corrected chi connectivity index (χ2v) is 0.757. The van der Waals surface area contributed by atoms with Gasteiger partial charge in [0.15, 0.2) is 0 Å². The Labute approximate surface area is 101 Å². The van der Waals surface area contributed by atoms with Crippen molar-refractivity contribution in [2.45, 2.75) is 6.92 Å². The van der Waals surface area contributed by atoms with Gasteiger partial charge in [0.1, 0.15) is 0 Å². The molecule has 0 rings (SSSR count). The minimum absolute atomic E-state index is 0. The van der Waals surface area contributed by atoms with Crippen molar-refractivity contribution in [3.8, 4) is 0 Å². The predicted octanol–water partition coefficient (Wildman–Crippen LogP) is -0.259. The Morgan fingerprint density at radius 2 is 1.60 bits per heavy atom. The molecule has 0 aliphatic rings. The topological polar surface area (TPSA) is 101 Å².